The molecule has 4 nitrogen and oxygen atoms in total. The molecule has 0 bridgehead atoms. The number of aryl methyl sites for hydroxylation is 1. The fourth-order valence-electron chi connectivity index (χ4n) is 0.820. The van der Waals surface area contributed by atoms with Crippen LogP contribution in [0.1, 0.15) is 18.8 Å². The van der Waals surface area contributed by atoms with Gasteiger partial charge in [-0.2, -0.15) is 5.10 Å². The summed E-state index contributed by atoms with van der Waals surface area (Å²) >= 11 is 4.47. The zero-order valence-corrected chi connectivity index (χ0v) is 7.17. The second-order valence-electron chi connectivity index (χ2n) is 2.14. The number of isothiocyanates is 1. The normalized spacial score (nSPS) is 12.2. The first-order chi connectivity index (χ1) is 5.25. The van der Waals surface area contributed by atoms with Gasteiger partial charge in [0.15, 0.2) is 5.82 Å². The lowest BCUT2D eigenvalue weighted by Gasteiger charge is -2.01. The summed E-state index contributed by atoms with van der Waals surface area (Å²) in [4.78, 5) is 7.88. The molecule has 11 heavy (non-hydrogen) atoms. The van der Waals surface area contributed by atoms with Crippen molar-refractivity contribution in [1.82, 2.24) is 14.8 Å². The number of hydrogen-bond donors (Lipinski definition) is 0. The van der Waals surface area contributed by atoms with Crippen LogP contribution in [0.5, 0.6) is 0 Å². The number of rotatable bonds is 2. The van der Waals surface area contributed by atoms with Gasteiger partial charge in [0.1, 0.15) is 12.4 Å². The first-order valence-electron chi connectivity index (χ1n) is 3.16. The van der Waals surface area contributed by atoms with Crippen molar-refractivity contribution in [3.63, 3.8) is 0 Å². The molecule has 1 aromatic heterocycles. The van der Waals surface area contributed by atoms with Gasteiger partial charge in [-0.15, -0.1) is 0 Å². The summed E-state index contributed by atoms with van der Waals surface area (Å²) in [5.41, 5.74) is 0. The topological polar surface area (TPSA) is 43.1 Å². The lowest BCUT2D eigenvalue weighted by Crippen LogP contribution is -2.01. The summed E-state index contributed by atoms with van der Waals surface area (Å²) in [6, 6.07) is -0.0556. The van der Waals surface area contributed by atoms with Crippen LogP contribution in [-0.2, 0) is 7.05 Å². The molecule has 0 saturated carbocycles. The molecular weight excluding hydrogens is 160 g/mol. The molecule has 0 saturated heterocycles. The summed E-state index contributed by atoms with van der Waals surface area (Å²) < 4.78 is 1.67. The van der Waals surface area contributed by atoms with Crippen LogP contribution >= 0.6 is 12.2 Å². The zero-order chi connectivity index (χ0) is 8.27. The molecule has 1 aromatic rings. The molecule has 1 atom stereocenters. The minimum atomic E-state index is -0.0556. The van der Waals surface area contributed by atoms with Crippen molar-refractivity contribution in [2.45, 2.75) is 13.0 Å². The molecule has 0 spiro atoms. The van der Waals surface area contributed by atoms with Crippen LogP contribution in [0.25, 0.3) is 0 Å². The predicted molar refractivity (Wildman–Crippen MR) is 44.4 cm³/mol. The van der Waals surface area contributed by atoms with Gasteiger partial charge in [-0.1, -0.05) is 0 Å². The quantitative estimate of drug-likeness (QED) is 0.488. The molecule has 1 rings (SSSR count). The van der Waals surface area contributed by atoms with Crippen molar-refractivity contribution < 1.29 is 0 Å². The van der Waals surface area contributed by atoms with Gasteiger partial charge in [-0.25, -0.2) is 9.98 Å². The Kier molecular flexibility index (Phi) is 2.46. The average molecular weight is 168 g/mol. The number of hydrogen-bond acceptors (Lipinski definition) is 4. The van der Waals surface area contributed by atoms with Crippen LogP contribution in [0, 0.1) is 0 Å². The molecule has 58 valence electrons. The van der Waals surface area contributed by atoms with Crippen molar-refractivity contribution in [2.24, 2.45) is 12.0 Å². The van der Waals surface area contributed by atoms with E-state index in [9.17, 15) is 0 Å². The molecule has 5 heteroatoms. The second-order valence-corrected chi connectivity index (χ2v) is 2.32. The van der Waals surface area contributed by atoms with E-state index in [1.807, 2.05) is 14.0 Å². The maximum atomic E-state index is 4.47. The van der Waals surface area contributed by atoms with Crippen LogP contribution in [0.3, 0.4) is 0 Å². The van der Waals surface area contributed by atoms with Crippen molar-refractivity contribution >= 4 is 17.4 Å². The number of thiocarbonyl (C=S) groups is 1. The van der Waals surface area contributed by atoms with Gasteiger partial charge in [-0.3, -0.25) is 4.68 Å². The third-order valence-electron chi connectivity index (χ3n) is 1.37. The van der Waals surface area contributed by atoms with Gasteiger partial charge < -0.3 is 0 Å². The molecule has 0 aliphatic carbocycles. The molecule has 0 radical (unpaired) electrons. The summed E-state index contributed by atoms with van der Waals surface area (Å²) in [5, 5.41) is 6.21. The van der Waals surface area contributed by atoms with E-state index in [1.54, 1.807) is 4.68 Å². The van der Waals surface area contributed by atoms with E-state index in [1.165, 1.54) is 6.33 Å². The largest absolute Gasteiger partial charge is 0.251 e. The van der Waals surface area contributed by atoms with Crippen LogP contribution in [-0.4, -0.2) is 19.9 Å². The average Bonchev–Trinajstić information content (AvgIpc) is 2.36. The SMILES string of the molecule is C[C@@H](N=C=S)c1ncnn1C. The molecular formula is C6H8N4S. The Morgan fingerprint density at radius 3 is 3.00 bits per heavy atom. The zero-order valence-electron chi connectivity index (χ0n) is 6.35. The minimum Gasteiger partial charge on any atom is -0.251 e. The highest BCUT2D eigenvalue weighted by Crippen LogP contribution is 2.10. The molecule has 1 heterocycles. The number of nitrogens with zero attached hydrogens (tertiary/aromatic N) is 4. The molecule has 0 aliphatic heterocycles. The van der Waals surface area contributed by atoms with Crippen LogP contribution < -0.4 is 0 Å². The maximum Gasteiger partial charge on any atom is 0.151 e. The van der Waals surface area contributed by atoms with Gasteiger partial charge in [0.2, 0.25) is 0 Å². The Morgan fingerprint density at radius 2 is 2.55 bits per heavy atom. The fraction of sp³-hybridized carbons (Fsp3) is 0.500. The second kappa shape index (κ2) is 3.37. The summed E-state index contributed by atoms with van der Waals surface area (Å²) in [6.07, 6.45) is 1.49. The van der Waals surface area contributed by atoms with Crippen LogP contribution in [0.4, 0.5) is 0 Å². The Hall–Kier alpha value is -1.06. The third-order valence-corrected chi connectivity index (χ3v) is 1.47. The monoisotopic (exact) mass is 168 g/mol. The van der Waals surface area contributed by atoms with E-state index < -0.39 is 0 Å². The summed E-state index contributed by atoms with van der Waals surface area (Å²) in [6.45, 7) is 1.89. The Balaban J connectivity index is 2.92. The van der Waals surface area contributed by atoms with E-state index in [2.05, 4.69) is 32.5 Å². The summed E-state index contributed by atoms with van der Waals surface area (Å²) in [5.74, 6) is 0.794. The van der Waals surface area contributed by atoms with Crippen molar-refractivity contribution in [2.75, 3.05) is 0 Å². The highest BCUT2D eigenvalue weighted by Gasteiger charge is 2.07. The summed E-state index contributed by atoms with van der Waals surface area (Å²) in [7, 11) is 1.82. The first kappa shape index (κ1) is 8.04. The Labute approximate surface area is 70.0 Å². The van der Waals surface area contributed by atoms with E-state index in [-0.39, 0.29) is 6.04 Å². The van der Waals surface area contributed by atoms with Gasteiger partial charge in [0.25, 0.3) is 0 Å². The molecule has 0 aliphatic rings. The lowest BCUT2D eigenvalue weighted by atomic mass is 10.3. The van der Waals surface area contributed by atoms with E-state index in [0.29, 0.717) is 0 Å². The highest BCUT2D eigenvalue weighted by molar-refractivity contribution is 7.78. The van der Waals surface area contributed by atoms with Crippen molar-refractivity contribution in [1.29, 1.82) is 0 Å². The number of aliphatic imine (C=N–C) groups is 1. The predicted octanol–water partition coefficient (Wildman–Crippen LogP) is 0.979. The number of aromatic nitrogens is 3. The molecule has 0 unspecified atom stereocenters. The van der Waals surface area contributed by atoms with Gasteiger partial charge >= 0.3 is 0 Å². The molecule has 0 aromatic carbocycles. The first-order valence-corrected chi connectivity index (χ1v) is 3.57. The fourth-order valence-corrected chi connectivity index (χ4v) is 0.978. The molecule has 0 N–H and O–H groups in total. The van der Waals surface area contributed by atoms with E-state index in [0.717, 1.165) is 5.82 Å². The third kappa shape index (κ3) is 1.69. The smallest absolute Gasteiger partial charge is 0.151 e. The Morgan fingerprint density at radius 1 is 1.82 bits per heavy atom. The Bertz CT molecular complexity index is 287. The van der Waals surface area contributed by atoms with Gasteiger partial charge in [0.05, 0.1) is 5.16 Å². The van der Waals surface area contributed by atoms with Gasteiger partial charge in [-0.05, 0) is 19.1 Å². The maximum absolute atomic E-state index is 4.47. The van der Waals surface area contributed by atoms with Crippen molar-refractivity contribution in [3.05, 3.63) is 12.2 Å². The van der Waals surface area contributed by atoms with Gasteiger partial charge in [0, 0.05) is 7.05 Å². The van der Waals surface area contributed by atoms with E-state index >= 15 is 0 Å². The highest BCUT2D eigenvalue weighted by atomic mass is 32.1. The van der Waals surface area contributed by atoms with Crippen LogP contribution in [0.15, 0.2) is 11.3 Å². The van der Waals surface area contributed by atoms with Crippen molar-refractivity contribution in [3.8, 4) is 0 Å². The molecule has 0 amide bonds. The van der Waals surface area contributed by atoms with Crippen LogP contribution in [0.2, 0.25) is 0 Å². The van der Waals surface area contributed by atoms with E-state index in [4.69, 9.17) is 0 Å². The lowest BCUT2D eigenvalue weighted by molar-refractivity contribution is 0.643. The minimum absolute atomic E-state index is 0.0556. The molecule has 0 fully saturated rings. The standard InChI is InChI=1S/C6H8N4S/c1-5(8-4-11)6-7-3-9-10(6)2/h3,5H,1-2H3/t5-/m1/s1.